The monoisotopic (exact) mass is 280 g/mol. The number of carboxylic acid groups (broad SMARTS) is 1. The Morgan fingerprint density at radius 3 is 2.89 bits per heavy atom. The van der Waals surface area contributed by atoms with Crippen LogP contribution in [-0.4, -0.2) is 33.6 Å². The van der Waals surface area contributed by atoms with Gasteiger partial charge in [-0.1, -0.05) is 6.42 Å². The van der Waals surface area contributed by atoms with Crippen molar-refractivity contribution in [2.24, 2.45) is 0 Å². The highest BCUT2D eigenvalue weighted by Crippen LogP contribution is 2.28. The van der Waals surface area contributed by atoms with Gasteiger partial charge in [-0.2, -0.15) is 11.8 Å². The summed E-state index contributed by atoms with van der Waals surface area (Å²) in [7, 11) is 0. The van der Waals surface area contributed by atoms with E-state index in [-0.39, 0.29) is 5.56 Å². The maximum Gasteiger partial charge on any atom is 0.337 e. The normalized spacial score (nSPS) is 23.1. The second kappa shape index (κ2) is 6.28. The maximum atomic E-state index is 10.9. The standard InChI is InChI=1S/C14H20N2O2S/c1-9-12(14(17)18)6-7-13(15-9)16-10-4-3-5-11(8-10)19-2/h6-7,10-11H,3-5,8H2,1-2H3,(H,15,16)(H,17,18). The number of pyridine rings is 1. The molecule has 2 atom stereocenters. The maximum absolute atomic E-state index is 10.9. The zero-order valence-corrected chi connectivity index (χ0v) is 12.2. The van der Waals surface area contributed by atoms with Crippen LogP contribution in [0, 0.1) is 6.92 Å². The summed E-state index contributed by atoms with van der Waals surface area (Å²) >= 11 is 1.93. The first-order valence-electron chi connectivity index (χ1n) is 6.60. The van der Waals surface area contributed by atoms with Crippen molar-refractivity contribution in [3.8, 4) is 0 Å². The van der Waals surface area contributed by atoms with E-state index in [1.54, 1.807) is 19.1 Å². The fourth-order valence-electron chi connectivity index (χ4n) is 2.57. The molecule has 0 aliphatic heterocycles. The summed E-state index contributed by atoms with van der Waals surface area (Å²) in [4.78, 5) is 15.3. The van der Waals surface area contributed by atoms with Crippen LogP contribution >= 0.6 is 11.8 Å². The summed E-state index contributed by atoms with van der Waals surface area (Å²) in [5, 5.41) is 13.1. The number of nitrogens with zero attached hydrogens (tertiary/aromatic N) is 1. The van der Waals surface area contributed by atoms with Crippen LogP contribution in [0.2, 0.25) is 0 Å². The van der Waals surface area contributed by atoms with Crippen LogP contribution in [0.15, 0.2) is 12.1 Å². The Labute approximate surface area is 118 Å². The first-order valence-corrected chi connectivity index (χ1v) is 7.89. The highest BCUT2D eigenvalue weighted by Gasteiger charge is 2.21. The minimum atomic E-state index is -0.920. The number of rotatable bonds is 4. The lowest BCUT2D eigenvalue weighted by Gasteiger charge is -2.29. The van der Waals surface area contributed by atoms with E-state index >= 15 is 0 Å². The van der Waals surface area contributed by atoms with Gasteiger partial charge in [-0.3, -0.25) is 0 Å². The molecule has 2 rings (SSSR count). The number of aromatic carboxylic acids is 1. The van der Waals surface area contributed by atoms with E-state index in [4.69, 9.17) is 5.11 Å². The lowest BCUT2D eigenvalue weighted by atomic mass is 9.95. The average Bonchev–Trinajstić information content (AvgIpc) is 2.38. The minimum absolute atomic E-state index is 0.274. The van der Waals surface area contributed by atoms with Crippen molar-refractivity contribution in [1.82, 2.24) is 4.98 Å². The Bertz CT molecular complexity index is 465. The lowest BCUT2D eigenvalue weighted by molar-refractivity contribution is 0.0695. The number of thioether (sulfide) groups is 1. The molecular formula is C14H20N2O2S. The van der Waals surface area contributed by atoms with E-state index in [1.807, 2.05) is 11.8 Å². The Kier molecular flexibility index (Phi) is 4.69. The summed E-state index contributed by atoms with van der Waals surface area (Å²) in [6.45, 7) is 1.74. The van der Waals surface area contributed by atoms with Crippen LogP contribution in [0.5, 0.6) is 0 Å². The number of carboxylic acids is 1. The van der Waals surface area contributed by atoms with Crippen LogP contribution < -0.4 is 5.32 Å². The van der Waals surface area contributed by atoms with Crippen LogP contribution in [0.1, 0.15) is 41.7 Å². The van der Waals surface area contributed by atoms with Gasteiger partial charge in [0.2, 0.25) is 0 Å². The van der Waals surface area contributed by atoms with Gasteiger partial charge in [-0.05, 0) is 44.6 Å². The minimum Gasteiger partial charge on any atom is -0.478 e. The first-order chi connectivity index (χ1) is 9.10. The second-order valence-corrected chi connectivity index (χ2v) is 6.14. The predicted molar refractivity (Wildman–Crippen MR) is 79.1 cm³/mol. The molecule has 1 heterocycles. The van der Waals surface area contributed by atoms with E-state index < -0.39 is 5.97 Å². The predicted octanol–water partition coefficient (Wildman–Crippen LogP) is 3.17. The van der Waals surface area contributed by atoms with Crippen LogP contribution in [0.4, 0.5) is 5.82 Å². The Hall–Kier alpha value is -1.23. The van der Waals surface area contributed by atoms with Crippen molar-refractivity contribution in [2.75, 3.05) is 11.6 Å². The summed E-state index contributed by atoms with van der Waals surface area (Å²) in [5.74, 6) is -0.133. The SMILES string of the molecule is CSC1CCCC(Nc2ccc(C(=O)O)c(C)n2)C1. The molecule has 0 saturated heterocycles. The molecule has 4 nitrogen and oxygen atoms in total. The van der Waals surface area contributed by atoms with Crippen LogP contribution in [0.3, 0.4) is 0 Å². The van der Waals surface area contributed by atoms with Gasteiger partial charge in [0.25, 0.3) is 0 Å². The molecule has 19 heavy (non-hydrogen) atoms. The van der Waals surface area contributed by atoms with Gasteiger partial charge in [-0.25, -0.2) is 9.78 Å². The van der Waals surface area contributed by atoms with Crippen LogP contribution in [-0.2, 0) is 0 Å². The Morgan fingerprint density at radius 2 is 2.26 bits per heavy atom. The van der Waals surface area contributed by atoms with Gasteiger partial charge in [0.1, 0.15) is 5.82 Å². The van der Waals surface area contributed by atoms with E-state index in [2.05, 4.69) is 16.6 Å². The van der Waals surface area contributed by atoms with Crippen molar-refractivity contribution in [2.45, 2.75) is 43.9 Å². The molecule has 1 aliphatic rings. The zero-order chi connectivity index (χ0) is 13.8. The largest absolute Gasteiger partial charge is 0.478 e. The van der Waals surface area contributed by atoms with Gasteiger partial charge >= 0.3 is 5.97 Å². The number of hydrogen-bond acceptors (Lipinski definition) is 4. The number of hydrogen-bond donors (Lipinski definition) is 2. The van der Waals surface area contributed by atoms with Gasteiger partial charge in [0, 0.05) is 11.3 Å². The summed E-state index contributed by atoms with van der Waals surface area (Å²) < 4.78 is 0. The molecule has 104 valence electrons. The van der Waals surface area contributed by atoms with Gasteiger partial charge in [0.05, 0.1) is 11.3 Å². The molecule has 2 N–H and O–H groups in total. The third kappa shape index (κ3) is 3.62. The summed E-state index contributed by atoms with van der Waals surface area (Å²) in [6, 6.07) is 3.84. The van der Waals surface area contributed by atoms with Crippen molar-refractivity contribution in [3.63, 3.8) is 0 Å². The number of aromatic nitrogens is 1. The molecule has 2 unspecified atom stereocenters. The van der Waals surface area contributed by atoms with Gasteiger partial charge in [0.15, 0.2) is 0 Å². The van der Waals surface area contributed by atoms with Crippen molar-refractivity contribution < 1.29 is 9.90 Å². The van der Waals surface area contributed by atoms with Gasteiger partial charge in [-0.15, -0.1) is 0 Å². The average molecular weight is 280 g/mol. The first kappa shape index (κ1) is 14.2. The molecule has 1 aliphatic carbocycles. The molecule has 1 aromatic heterocycles. The summed E-state index contributed by atoms with van der Waals surface area (Å²) in [6.07, 6.45) is 7.03. The molecular weight excluding hydrogens is 260 g/mol. The zero-order valence-electron chi connectivity index (χ0n) is 11.3. The number of anilines is 1. The number of carbonyl (C=O) groups is 1. The molecule has 1 aromatic rings. The molecule has 0 radical (unpaired) electrons. The van der Waals surface area contributed by atoms with Crippen LogP contribution in [0.25, 0.3) is 0 Å². The van der Waals surface area contributed by atoms with Crippen molar-refractivity contribution in [3.05, 3.63) is 23.4 Å². The second-order valence-electron chi connectivity index (χ2n) is 5.00. The highest BCUT2D eigenvalue weighted by molar-refractivity contribution is 7.99. The number of aryl methyl sites for hydroxylation is 1. The number of nitrogens with one attached hydrogen (secondary N) is 1. The van der Waals surface area contributed by atoms with Gasteiger partial charge < -0.3 is 10.4 Å². The molecule has 0 aromatic carbocycles. The third-order valence-electron chi connectivity index (χ3n) is 3.63. The highest BCUT2D eigenvalue weighted by atomic mass is 32.2. The Morgan fingerprint density at radius 1 is 1.47 bits per heavy atom. The molecule has 1 fully saturated rings. The third-order valence-corrected chi connectivity index (χ3v) is 4.72. The fourth-order valence-corrected chi connectivity index (χ4v) is 3.39. The van der Waals surface area contributed by atoms with E-state index in [0.717, 1.165) is 17.5 Å². The van der Waals surface area contributed by atoms with E-state index in [1.165, 1.54) is 19.3 Å². The molecule has 1 saturated carbocycles. The molecule has 0 bridgehead atoms. The van der Waals surface area contributed by atoms with E-state index in [0.29, 0.717) is 11.7 Å². The molecule has 5 heteroatoms. The molecule has 0 spiro atoms. The molecule has 0 amide bonds. The van der Waals surface area contributed by atoms with Crippen molar-refractivity contribution >= 4 is 23.5 Å². The van der Waals surface area contributed by atoms with E-state index in [9.17, 15) is 4.79 Å². The quantitative estimate of drug-likeness (QED) is 0.887. The van der Waals surface area contributed by atoms with Crippen molar-refractivity contribution in [1.29, 1.82) is 0 Å². The Balaban J connectivity index is 2.03. The fraction of sp³-hybridized carbons (Fsp3) is 0.571. The topological polar surface area (TPSA) is 62.2 Å². The lowest BCUT2D eigenvalue weighted by Crippen LogP contribution is -2.29. The summed E-state index contributed by atoms with van der Waals surface area (Å²) in [5.41, 5.74) is 0.839. The smallest absolute Gasteiger partial charge is 0.337 e.